The summed E-state index contributed by atoms with van der Waals surface area (Å²) in [5, 5.41) is 0. The third kappa shape index (κ3) is 3.48. The van der Waals surface area contributed by atoms with Gasteiger partial charge < -0.3 is 15.4 Å². The molecule has 0 fully saturated rings. The first kappa shape index (κ1) is 16.2. The van der Waals surface area contributed by atoms with Gasteiger partial charge in [-0.3, -0.25) is 0 Å². The molecule has 1 amide bonds. The molecular formula is C18H22N4O2. The van der Waals surface area contributed by atoms with Gasteiger partial charge in [-0.15, -0.1) is 0 Å². The first-order valence-corrected chi connectivity index (χ1v) is 8.02. The molecule has 2 N–H and O–H groups in total. The highest BCUT2D eigenvalue weighted by Crippen LogP contribution is 2.29. The van der Waals surface area contributed by atoms with Crippen LogP contribution in [-0.2, 0) is 17.7 Å². The van der Waals surface area contributed by atoms with E-state index >= 15 is 0 Å². The Morgan fingerprint density at radius 1 is 1.21 bits per heavy atom. The summed E-state index contributed by atoms with van der Waals surface area (Å²) in [5.74, 6) is 0.262. The topological polar surface area (TPSA) is 81.3 Å². The molecule has 1 aliphatic rings. The number of nitrogens with two attached hydrogens (primary N) is 1. The molecule has 6 nitrogen and oxygen atoms in total. The number of nitrogens with zero attached hydrogens (tertiary/aromatic N) is 3. The van der Waals surface area contributed by atoms with Crippen molar-refractivity contribution >= 4 is 12.0 Å². The Bertz CT molecular complexity index is 754. The first-order chi connectivity index (χ1) is 11.3. The number of benzene rings is 1. The van der Waals surface area contributed by atoms with Gasteiger partial charge >= 0.3 is 6.09 Å². The molecule has 0 saturated heterocycles. The molecule has 0 atom stereocenters. The van der Waals surface area contributed by atoms with Crippen molar-refractivity contribution in [3.8, 4) is 11.3 Å². The van der Waals surface area contributed by atoms with E-state index in [2.05, 4.69) is 9.97 Å². The Morgan fingerprint density at radius 2 is 1.92 bits per heavy atom. The summed E-state index contributed by atoms with van der Waals surface area (Å²) in [6, 6.07) is 9.82. The first-order valence-electron chi connectivity index (χ1n) is 8.02. The maximum absolute atomic E-state index is 12.4. The number of rotatable bonds is 1. The van der Waals surface area contributed by atoms with Crippen molar-refractivity contribution in [1.82, 2.24) is 14.9 Å². The zero-order chi connectivity index (χ0) is 17.3. The van der Waals surface area contributed by atoms with Crippen LogP contribution in [0.3, 0.4) is 0 Å². The number of anilines is 1. The van der Waals surface area contributed by atoms with E-state index in [-0.39, 0.29) is 12.0 Å². The van der Waals surface area contributed by atoms with Crippen LogP contribution in [0.5, 0.6) is 0 Å². The molecule has 0 spiro atoms. The predicted octanol–water partition coefficient (Wildman–Crippen LogP) is 3.02. The number of hydrogen-bond acceptors (Lipinski definition) is 5. The lowest BCUT2D eigenvalue weighted by Gasteiger charge is -2.31. The highest BCUT2D eigenvalue weighted by atomic mass is 16.6. The van der Waals surface area contributed by atoms with Gasteiger partial charge in [-0.25, -0.2) is 14.8 Å². The Kier molecular flexibility index (Phi) is 4.13. The van der Waals surface area contributed by atoms with E-state index in [4.69, 9.17) is 10.5 Å². The SMILES string of the molecule is CC(C)(C)OC(=O)N1CCc2nc(N)nc(-c3ccccc3)c2C1. The molecule has 3 rings (SSSR count). The Balaban J connectivity index is 1.94. The minimum atomic E-state index is -0.517. The standard InChI is InChI=1S/C18H22N4O2/c1-18(2,3)24-17(23)22-10-9-14-13(11-22)15(21-16(19)20-14)12-7-5-4-6-8-12/h4-8H,9-11H2,1-3H3,(H2,19,20,21). The molecule has 0 unspecified atom stereocenters. The normalized spacial score (nSPS) is 14.2. The fourth-order valence-corrected chi connectivity index (χ4v) is 2.75. The molecule has 24 heavy (non-hydrogen) atoms. The lowest BCUT2D eigenvalue weighted by molar-refractivity contribution is 0.0223. The Labute approximate surface area is 141 Å². The van der Waals surface area contributed by atoms with E-state index < -0.39 is 5.60 Å². The fourth-order valence-electron chi connectivity index (χ4n) is 2.75. The molecule has 2 aromatic rings. The molecule has 6 heteroatoms. The maximum Gasteiger partial charge on any atom is 0.410 e. The molecule has 0 radical (unpaired) electrons. The van der Waals surface area contributed by atoms with Crippen molar-refractivity contribution in [3.05, 3.63) is 41.6 Å². The van der Waals surface area contributed by atoms with Crippen LogP contribution in [0.25, 0.3) is 11.3 Å². The largest absolute Gasteiger partial charge is 0.444 e. The minimum absolute atomic E-state index is 0.262. The summed E-state index contributed by atoms with van der Waals surface area (Å²) in [5.41, 5.74) is 8.95. The third-order valence-corrected chi connectivity index (χ3v) is 3.78. The van der Waals surface area contributed by atoms with Crippen molar-refractivity contribution in [2.75, 3.05) is 12.3 Å². The molecule has 126 valence electrons. The van der Waals surface area contributed by atoms with E-state index in [9.17, 15) is 4.79 Å². The predicted molar refractivity (Wildman–Crippen MR) is 92.2 cm³/mol. The molecule has 1 aromatic heterocycles. The van der Waals surface area contributed by atoms with Crippen molar-refractivity contribution < 1.29 is 9.53 Å². The van der Waals surface area contributed by atoms with Crippen LogP contribution in [0, 0.1) is 0 Å². The second-order valence-electron chi connectivity index (χ2n) is 6.87. The van der Waals surface area contributed by atoms with Gasteiger partial charge in [-0.1, -0.05) is 30.3 Å². The fraction of sp³-hybridized carbons (Fsp3) is 0.389. The van der Waals surface area contributed by atoms with Crippen LogP contribution in [0.2, 0.25) is 0 Å². The van der Waals surface area contributed by atoms with Crippen LogP contribution in [0.1, 0.15) is 32.0 Å². The lowest BCUT2D eigenvalue weighted by Crippen LogP contribution is -2.40. The average molecular weight is 326 g/mol. The van der Waals surface area contributed by atoms with E-state index in [1.165, 1.54) is 0 Å². The molecule has 0 bridgehead atoms. The highest BCUT2D eigenvalue weighted by Gasteiger charge is 2.28. The average Bonchev–Trinajstić information content (AvgIpc) is 2.53. The third-order valence-electron chi connectivity index (χ3n) is 3.78. The molecular weight excluding hydrogens is 304 g/mol. The van der Waals surface area contributed by atoms with E-state index in [1.54, 1.807) is 4.90 Å². The molecule has 1 aliphatic heterocycles. The van der Waals surface area contributed by atoms with Crippen LogP contribution >= 0.6 is 0 Å². The van der Waals surface area contributed by atoms with Gasteiger partial charge in [0.1, 0.15) is 5.60 Å². The van der Waals surface area contributed by atoms with E-state index in [1.807, 2.05) is 51.1 Å². The van der Waals surface area contributed by atoms with Gasteiger partial charge in [0.15, 0.2) is 0 Å². The summed E-state index contributed by atoms with van der Waals surface area (Å²) in [4.78, 5) is 22.8. The van der Waals surface area contributed by atoms with Gasteiger partial charge in [0, 0.05) is 24.1 Å². The Hall–Kier alpha value is -2.63. The summed E-state index contributed by atoms with van der Waals surface area (Å²) in [6.07, 6.45) is 0.324. The van der Waals surface area contributed by atoms with Crippen LogP contribution in [0.4, 0.5) is 10.7 Å². The van der Waals surface area contributed by atoms with Crippen LogP contribution < -0.4 is 5.73 Å². The van der Waals surface area contributed by atoms with Gasteiger partial charge in [0.2, 0.25) is 5.95 Å². The quantitative estimate of drug-likeness (QED) is 0.871. The van der Waals surface area contributed by atoms with Gasteiger partial charge in [0.25, 0.3) is 0 Å². The van der Waals surface area contributed by atoms with Gasteiger partial charge in [0.05, 0.1) is 17.9 Å². The van der Waals surface area contributed by atoms with Crippen molar-refractivity contribution in [2.24, 2.45) is 0 Å². The van der Waals surface area contributed by atoms with Crippen molar-refractivity contribution in [1.29, 1.82) is 0 Å². The van der Waals surface area contributed by atoms with Crippen LogP contribution in [-0.4, -0.2) is 33.1 Å². The molecule has 0 saturated carbocycles. The second-order valence-corrected chi connectivity index (χ2v) is 6.87. The maximum atomic E-state index is 12.4. The molecule has 2 heterocycles. The van der Waals surface area contributed by atoms with Crippen molar-refractivity contribution in [3.63, 3.8) is 0 Å². The van der Waals surface area contributed by atoms with Gasteiger partial charge in [-0.05, 0) is 20.8 Å². The number of amides is 1. The summed E-state index contributed by atoms with van der Waals surface area (Å²) in [6.45, 7) is 6.58. The number of fused-ring (bicyclic) bond motifs is 1. The number of carbonyl (C=O) groups excluding carboxylic acids is 1. The molecule has 1 aromatic carbocycles. The summed E-state index contributed by atoms with van der Waals surface area (Å²) in [7, 11) is 0. The van der Waals surface area contributed by atoms with Gasteiger partial charge in [-0.2, -0.15) is 0 Å². The number of ether oxygens (including phenoxy) is 1. The highest BCUT2D eigenvalue weighted by molar-refractivity contribution is 5.71. The van der Waals surface area contributed by atoms with Crippen LogP contribution in [0.15, 0.2) is 30.3 Å². The second kappa shape index (κ2) is 6.11. The monoisotopic (exact) mass is 326 g/mol. The smallest absolute Gasteiger partial charge is 0.410 e. The van der Waals surface area contributed by atoms with E-state index in [0.717, 1.165) is 22.5 Å². The van der Waals surface area contributed by atoms with E-state index in [0.29, 0.717) is 19.5 Å². The zero-order valence-electron chi connectivity index (χ0n) is 14.2. The lowest BCUT2D eigenvalue weighted by atomic mass is 9.99. The number of aromatic nitrogens is 2. The Morgan fingerprint density at radius 3 is 2.58 bits per heavy atom. The number of nitrogen functional groups attached to an aromatic ring is 1. The number of carbonyl (C=O) groups is 1. The van der Waals surface area contributed by atoms with Crippen molar-refractivity contribution in [2.45, 2.75) is 39.3 Å². The summed E-state index contributed by atoms with van der Waals surface area (Å²) >= 11 is 0. The number of hydrogen-bond donors (Lipinski definition) is 1. The summed E-state index contributed by atoms with van der Waals surface area (Å²) < 4.78 is 5.48. The minimum Gasteiger partial charge on any atom is -0.444 e. The zero-order valence-corrected chi connectivity index (χ0v) is 14.2. The molecule has 0 aliphatic carbocycles.